The average Bonchev–Trinajstić information content (AvgIpc) is 2.97. The van der Waals surface area contributed by atoms with Gasteiger partial charge in [-0.1, -0.05) is 17.3 Å². The van der Waals surface area contributed by atoms with E-state index in [0.717, 1.165) is 5.56 Å². The highest BCUT2D eigenvalue weighted by atomic mass is 19.4. The molecular weight excluding hydrogens is 327 g/mol. The first-order valence-electron chi connectivity index (χ1n) is 7.27. The predicted octanol–water partition coefficient (Wildman–Crippen LogP) is 3.01. The molecule has 1 aromatic heterocycles. The number of rotatable bonds is 8. The Morgan fingerprint density at radius 1 is 1.25 bits per heavy atom. The van der Waals surface area contributed by atoms with Gasteiger partial charge in [0.1, 0.15) is 5.75 Å². The first kappa shape index (κ1) is 18.2. The van der Waals surface area contributed by atoms with Gasteiger partial charge in [0.05, 0.1) is 19.6 Å². The molecule has 0 aliphatic heterocycles. The van der Waals surface area contributed by atoms with E-state index < -0.39 is 6.36 Å². The van der Waals surface area contributed by atoms with Gasteiger partial charge < -0.3 is 19.3 Å². The molecular formula is C15H18F3N3O3. The van der Waals surface area contributed by atoms with Crippen LogP contribution in [0.25, 0.3) is 0 Å². The third-order valence-electron chi connectivity index (χ3n) is 3.21. The summed E-state index contributed by atoms with van der Waals surface area (Å²) in [5.74, 6) is 0.749. The van der Waals surface area contributed by atoms with E-state index in [-0.39, 0.29) is 11.8 Å². The maximum Gasteiger partial charge on any atom is 0.573 e. The van der Waals surface area contributed by atoms with Crippen molar-refractivity contribution in [2.45, 2.75) is 32.3 Å². The van der Waals surface area contributed by atoms with Gasteiger partial charge in [-0.05, 0) is 24.6 Å². The van der Waals surface area contributed by atoms with Crippen molar-refractivity contribution in [2.75, 3.05) is 13.7 Å². The van der Waals surface area contributed by atoms with E-state index in [0.29, 0.717) is 31.3 Å². The molecule has 0 amide bonds. The first-order valence-corrected chi connectivity index (χ1v) is 7.27. The zero-order chi connectivity index (χ0) is 17.6. The molecule has 1 heterocycles. The fourth-order valence-electron chi connectivity index (χ4n) is 1.97. The molecule has 132 valence electrons. The van der Waals surface area contributed by atoms with E-state index in [1.54, 1.807) is 19.2 Å². The molecule has 9 heteroatoms. The highest BCUT2D eigenvalue weighted by Gasteiger charge is 2.31. The molecule has 0 saturated heterocycles. The summed E-state index contributed by atoms with van der Waals surface area (Å²) in [6.07, 6.45) is -4.15. The third kappa shape index (κ3) is 5.82. The number of benzene rings is 1. The van der Waals surface area contributed by atoms with Crippen molar-refractivity contribution in [3.8, 4) is 5.75 Å². The minimum absolute atomic E-state index is 0.106. The Morgan fingerprint density at radius 2 is 1.96 bits per heavy atom. The lowest BCUT2D eigenvalue weighted by Gasteiger charge is -2.14. The van der Waals surface area contributed by atoms with E-state index in [9.17, 15) is 13.2 Å². The number of hydrogen-bond donors (Lipinski definition) is 1. The second-order valence-corrected chi connectivity index (χ2v) is 5.07. The Morgan fingerprint density at radius 3 is 2.58 bits per heavy atom. The molecule has 0 aliphatic carbocycles. The quantitative estimate of drug-likeness (QED) is 0.793. The molecule has 2 aromatic rings. The SMILES string of the molecule is COCCc1nc(CN[C@@H](C)c2ccc(OC(F)(F)F)cc2)no1. The lowest BCUT2D eigenvalue weighted by atomic mass is 10.1. The van der Waals surface area contributed by atoms with Crippen LogP contribution in [-0.4, -0.2) is 30.2 Å². The first-order chi connectivity index (χ1) is 11.4. The summed E-state index contributed by atoms with van der Waals surface area (Å²) in [4.78, 5) is 4.20. The number of hydrogen-bond acceptors (Lipinski definition) is 6. The number of methoxy groups -OCH3 is 1. The van der Waals surface area contributed by atoms with Gasteiger partial charge >= 0.3 is 6.36 Å². The van der Waals surface area contributed by atoms with Crippen molar-refractivity contribution in [1.82, 2.24) is 15.5 Å². The molecule has 0 unspecified atom stereocenters. The standard InChI is InChI=1S/C15H18F3N3O3/c1-10(11-3-5-12(6-4-11)23-15(16,17)18)19-9-13-20-14(24-21-13)7-8-22-2/h3-6,10,19H,7-9H2,1-2H3/t10-/m0/s1. The number of nitrogens with zero attached hydrogens (tertiary/aromatic N) is 2. The number of nitrogens with one attached hydrogen (secondary N) is 1. The van der Waals surface area contributed by atoms with Crippen molar-refractivity contribution in [2.24, 2.45) is 0 Å². The maximum absolute atomic E-state index is 12.1. The molecule has 1 atom stereocenters. The van der Waals surface area contributed by atoms with Gasteiger partial charge in [0.15, 0.2) is 5.82 Å². The molecule has 0 aliphatic rings. The second-order valence-electron chi connectivity index (χ2n) is 5.07. The molecule has 6 nitrogen and oxygen atoms in total. The van der Waals surface area contributed by atoms with E-state index >= 15 is 0 Å². The molecule has 1 N–H and O–H groups in total. The topological polar surface area (TPSA) is 69.4 Å². The maximum atomic E-state index is 12.1. The van der Waals surface area contributed by atoms with Crippen LogP contribution in [0.2, 0.25) is 0 Å². The largest absolute Gasteiger partial charge is 0.573 e. The van der Waals surface area contributed by atoms with Gasteiger partial charge in [-0.3, -0.25) is 0 Å². The highest BCUT2D eigenvalue weighted by molar-refractivity contribution is 5.29. The molecule has 0 saturated carbocycles. The van der Waals surface area contributed by atoms with Gasteiger partial charge in [0.2, 0.25) is 5.89 Å². The molecule has 2 rings (SSSR count). The van der Waals surface area contributed by atoms with Crippen molar-refractivity contribution in [1.29, 1.82) is 0 Å². The molecule has 1 aromatic carbocycles. The predicted molar refractivity (Wildman–Crippen MR) is 78.3 cm³/mol. The number of halogens is 3. The fraction of sp³-hybridized carbons (Fsp3) is 0.467. The van der Waals surface area contributed by atoms with Crippen LogP contribution in [0.1, 0.15) is 30.2 Å². The smallest absolute Gasteiger partial charge is 0.406 e. The van der Waals surface area contributed by atoms with Crippen LogP contribution in [-0.2, 0) is 17.7 Å². The van der Waals surface area contributed by atoms with Gasteiger partial charge in [0, 0.05) is 13.2 Å². The highest BCUT2D eigenvalue weighted by Crippen LogP contribution is 2.24. The van der Waals surface area contributed by atoms with Gasteiger partial charge in [-0.15, -0.1) is 13.2 Å². The molecule has 0 fully saturated rings. The number of ether oxygens (including phenoxy) is 2. The average molecular weight is 345 g/mol. The summed E-state index contributed by atoms with van der Waals surface area (Å²) in [6, 6.07) is 5.58. The summed E-state index contributed by atoms with van der Waals surface area (Å²) in [6.45, 7) is 2.75. The number of aromatic nitrogens is 2. The monoisotopic (exact) mass is 345 g/mol. The Hall–Kier alpha value is -2.13. The van der Waals surface area contributed by atoms with Crippen LogP contribution in [0, 0.1) is 0 Å². The minimum Gasteiger partial charge on any atom is -0.406 e. The van der Waals surface area contributed by atoms with Crippen LogP contribution in [0.15, 0.2) is 28.8 Å². The van der Waals surface area contributed by atoms with Crippen LogP contribution in [0.5, 0.6) is 5.75 Å². The van der Waals surface area contributed by atoms with Crippen molar-refractivity contribution < 1.29 is 27.2 Å². The van der Waals surface area contributed by atoms with Gasteiger partial charge in [-0.2, -0.15) is 4.98 Å². The van der Waals surface area contributed by atoms with Gasteiger partial charge in [-0.25, -0.2) is 0 Å². The normalized spacial score (nSPS) is 13.0. The fourth-order valence-corrected chi connectivity index (χ4v) is 1.97. The summed E-state index contributed by atoms with van der Waals surface area (Å²) >= 11 is 0. The van der Waals surface area contributed by atoms with Crippen molar-refractivity contribution in [3.63, 3.8) is 0 Å². The van der Waals surface area contributed by atoms with Crippen molar-refractivity contribution >= 4 is 0 Å². The van der Waals surface area contributed by atoms with E-state index in [1.807, 2.05) is 6.92 Å². The zero-order valence-electron chi connectivity index (χ0n) is 13.3. The minimum atomic E-state index is -4.69. The Labute approximate surface area is 137 Å². The summed E-state index contributed by atoms with van der Waals surface area (Å²) in [5, 5.41) is 7.01. The summed E-state index contributed by atoms with van der Waals surface area (Å²) in [5.41, 5.74) is 0.813. The van der Waals surface area contributed by atoms with E-state index in [2.05, 4.69) is 20.2 Å². The van der Waals surface area contributed by atoms with Crippen LogP contribution in [0.3, 0.4) is 0 Å². The van der Waals surface area contributed by atoms with Crippen molar-refractivity contribution in [3.05, 3.63) is 41.5 Å². The lowest BCUT2D eigenvalue weighted by Crippen LogP contribution is -2.19. The third-order valence-corrected chi connectivity index (χ3v) is 3.21. The number of alkyl halides is 3. The summed E-state index contributed by atoms with van der Waals surface area (Å²) < 4.78 is 50.2. The second kappa shape index (κ2) is 8.11. The molecule has 0 radical (unpaired) electrons. The summed E-state index contributed by atoms with van der Waals surface area (Å²) in [7, 11) is 1.59. The van der Waals surface area contributed by atoms with Crippen LogP contribution >= 0.6 is 0 Å². The zero-order valence-corrected chi connectivity index (χ0v) is 13.3. The lowest BCUT2D eigenvalue weighted by molar-refractivity contribution is -0.274. The van der Waals surface area contributed by atoms with Crippen LogP contribution in [0.4, 0.5) is 13.2 Å². The van der Waals surface area contributed by atoms with E-state index in [4.69, 9.17) is 9.26 Å². The Balaban J connectivity index is 1.85. The molecule has 0 bridgehead atoms. The molecule has 0 spiro atoms. The Bertz CT molecular complexity index is 629. The van der Waals surface area contributed by atoms with Gasteiger partial charge in [0.25, 0.3) is 0 Å². The van der Waals surface area contributed by atoms with E-state index in [1.165, 1.54) is 12.1 Å². The van der Waals surface area contributed by atoms with Crippen LogP contribution < -0.4 is 10.1 Å². The Kier molecular flexibility index (Phi) is 6.16. The molecule has 24 heavy (non-hydrogen) atoms.